The number of aromatic nitrogens is 2. The third-order valence-corrected chi connectivity index (χ3v) is 6.10. The Kier molecular flexibility index (Phi) is 11.5. The molecule has 1 aromatic heterocycles. The Morgan fingerprint density at radius 2 is 1.64 bits per heavy atom. The van der Waals surface area contributed by atoms with Crippen LogP contribution in [-0.2, 0) is 19.1 Å². The van der Waals surface area contributed by atoms with Crippen molar-refractivity contribution >= 4 is 17.8 Å². The number of nitrogens with zero attached hydrogens (tertiary/aromatic N) is 4. The molecule has 0 aromatic carbocycles. The number of anilines is 1. The number of hydrogen-bond acceptors (Lipinski definition) is 9. The molecule has 2 N–H and O–H groups in total. The van der Waals surface area contributed by atoms with Crippen molar-refractivity contribution in [3.8, 4) is 5.88 Å². The molecule has 2 atom stereocenters. The Hall–Kier alpha value is -2.92. The van der Waals surface area contributed by atoms with Gasteiger partial charge in [0, 0.05) is 38.8 Å². The van der Waals surface area contributed by atoms with Crippen LogP contribution in [0.3, 0.4) is 0 Å². The average molecular weight is 576 g/mol. The van der Waals surface area contributed by atoms with Crippen LogP contribution in [0.15, 0.2) is 12.4 Å². The number of ether oxygens (including phenoxy) is 3. The first-order valence-electron chi connectivity index (χ1n) is 11.8. The normalized spacial score (nSPS) is 23.8. The zero-order valence-corrected chi connectivity index (χ0v) is 21.0. The summed E-state index contributed by atoms with van der Waals surface area (Å²) in [5, 5.41) is 14.2. The standard InChI is InChI=1S/C18H28N4O3.2C2HF3O2/c1-23-17-11-16(19-14-20-17)22-6-5-18(13-22)4-2-3-15(25-18)12-21-7-9-24-10-8-21;2*3-2(4,5)1(6)7/h11,14-15H,2-10,12-13H2,1H3;2*(H,6,7)/t15-,18+;;/m0../s1. The maximum atomic E-state index is 10.6. The summed E-state index contributed by atoms with van der Waals surface area (Å²) in [6.45, 7) is 6.67. The predicted molar refractivity (Wildman–Crippen MR) is 122 cm³/mol. The molecule has 1 aromatic rings. The van der Waals surface area contributed by atoms with E-state index in [0.717, 1.165) is 64.6 Å². The van der Waals surface area contributed by atoms with Crippen LogP contribution in [-0.4, -0.2) is 114 Å². The summed E-state index contributed by atoms with van der Waals surface area (Å²) in [6.07, 6.45) is -3.63. The summed E-state index contributed by atoms with van der Waals surface area (Å²) in [7, 11) is 1.64. The van der Waals surface area contributed by atoms with E-state index >= 15 is 0 Å². The van der Waals surface area contributed by atoms with Gasteiger partial charge in [0.15, 0.2) is 0 Å². The van der Waals surface area contributed by atoms with Crippen molar-refractivity contribution < 1.29 is 60.4 Å². The van der Waals surface area contributed by atoms with E-state index in [1.165, 1.54) is 12.8 Å². The summed E-state index contributed by atoms with van der Waals surface area (Å²) in [4.78, 5) is 31.1. The van der Waals surface area contributed by atoms with E-state index in [1.54, 1.807) is 13.4 Å². The van der Waals surface area contributed by atoms with Crippen molar-refractivity contribution in [2.24, 2.45) is 0 Å². The molecule has 3 fully saturated rings. The minimum absolute atomic E-state index is 0.0204. The van der Waals surface area contributed by atoms with Gasteiger partial charge in [-0.1, -0.05) is 0 Å². The monoisotopic (exact) mass is 576 g/mol. The van der Waals surface area contributed by atoms with E-state index < -0.39 is 24.3 Å². The first-order chi connectivity index (χ1) is 18.1. The maximum absolute atomic E-state index is 10.6. The third kappa shape index (κ3) is 10.6. The Morgan fingerprint density at radius 1 is 1.05 bits per heavy atom. The molecule has 0 bridgehead atoms. The molecule has 0 saturated carbocycles. The van der Waals surface area contributed by atoms with E-state index in [1.807, 2.05) is 6.07 Å². The summed E-state index contributed by atoms with van der Waals surface area (Å²) < 4.78 is 80.8. The fraction of sp³-hybridized carbons (Fsp3) is 0.727. The van der Waals surface area contributed by atoms with Crippen LogP contribution in [0.25, 0.3) is 0 Å². The number of methoxy groups -OCH3 is 1. The van der Waals surface area contributed by atoms with Gasteiger partial charge in [-0.05, 0) is 25.7 Å². The van der Waals surface area contributed by atoms with Gasteiger partial charge in [-0.15, -0.1) is 0 Å². The highest BCUT2D eigenvalue weighted by atomic mass is 19.4. The van der Waals surface area contributed by atoms with Crippen LogP contribution in [0.1, 0.15) is 25.7 Å². The lowest BCUT2D eigenvalue weighted by Gasteiger charge is -2.41. The van der Waals surface area contributed by atoms with Crippen molar-refractivity contribution in [1.29, 1.82) is 0 Å². The van der Waals surface area contributed by atoms with Gasteiger partial charge < -0.3 is 29.3 Å². The number of carbonyl (C=O) groups is 2. The third-order valence-electron chi connectivity index (χ3n) is 6.10. The van der Waals surface area contributed by atoms with Gasteiger partial charge in [-0.2, -0.15) is 26.3 Å². The number of carboxylic acids is 2. The highest BCUT2D eigenvalue weighted by Crippen LogP contribution is 2.38. The number of halogens is 6. The number of aliphatic carboxylic acids is 2. The summed E-state index contributed by atoms with van der Waals surface area (Å²) >= 11 is 0. The molecule has 0 amide bonds. The van der Waals surface area contributed by atoms with Gasteiger partial charge in [0.1, 0.15) is 12.1 Å². The molecule has 4 heterocycles. The Balaban J connectivity index is 0.000000317. The molecule has 222 valence electrons. The molecule has 1 spiro atoms. The number of rotatable bonds is 4. The zero-order chi connectivity index (χ0) is 29.3. The quantitative estimate of drug-likeness (QED) is 0.513. The molecule has 3 saturated heterocycles. The molecule has 0 aliphatic carbocycles. The minimum Gasteiger partial charge on any atom is -0.481 e. The van der Waals surface area contributed by atoms with Gasteiger partial charge >= 0.3 is 24.3 Å². The molecule has 11 nitrogen and oxygen atoms in total. The van der Waals surface area contributed by atoms with Crippen LogP contribution >= 0.6 is 0 Å². The van der Waals surface area contributed by atoms with Gasteiger partial charge in [0.25, 0.3) is 0 Å². The van der Waals surface area contributed by atoms with Gasteiger partial charge in [-0.25, -0.2) is 19.6 Å². The number of carboxylic acid groups (broad SMARTS) is 2. The molecule has 4 rings (SSSR count). The Morgan fingerprint density at radius 3 is 2.18 bits per heavy atom. The molecule has 17 heteroatoms. The topological polar surface area (TPSA) is 135 Å². The predicted octanol–water partition coefficient (Wildman–Crippen LogP) is 2.60. The molecule has 0 radical (unpaired) electrons. The Bertz CT molecular complexity index is 922. The van der Waals surface area contributed by atoms with Crippen LogP contribution < -0.4 is 9.64 Å². The first kappa shape index (κ1) is 32.3. The molecule has 3 aliphatic heterocycles. The van der Waals surface area contributed by atoms with Crippen LogP contribution in [0.4, 0.5) is 32.2 Å². The van der Waals surface area contributed by atoms with Gasteiger partial charge in [0.05, 0.1) is 32.0 Å². The molecular formula is C22H30F6N4O7. The zero-order valence-electron chi connectivity index (χ0n) is 21.0. The van der Waals surface area contributed by atoms with Crippen LogP contribution in [0, 0.1) is 0 Å². The van der Waals surface area contributed by atoms with Crippen LogP contribution in [0.5, 0.6) is 5.88 Å². The van der Waals surface area contributed by atoms with Crippen molar-refractivity contribution in [2.45, 2.75) is 49.7 Å². The van der Waals surface area contributed by atoms with Crippen molar-refractivity contribution in [1.82, 2.24) is 14.9 Å². The lowest BCUT2D eigenvalue weighted by molar-refractivity contribution is -0.193. The fourth-order valence-electron chi connectivity index (χ4n) is 4.28. The van der Waals surface area contributed by atoms with E-state index in [2.05, 4.69) is 19.8 Å². The second kappa shape index (κ2) is 13.9. The highest BCUT2D eigenvalue weighted by Gasteiger charge is 2.44. The molecule has 0 unspecified atom stereocenters. The SMILES string of the molecule is COc1cc(N2CC[C@]3(CCC[C@@H](CN4CCOCC4)O3)C2)ncn1.O=C(O)C(F)(F)F.O=C(O)C(F)(F)F. The molecule has 3 aliphatic rings. The number of alkyl halides is 6. The van der Waals surface area contributed by atoms with E-state index in [-0.39, 0.29) is 5.60 Å². The highest BCUT2D eigenvalue weighted by molar-refractivity contribution is 5.73. The molecule has 39 heavy (non-hydrogen) atoms. The summed E-state index contributed by atoms with van der Waals surface area (Å²) in [5.74, 6) is -3.97. The largest absolute Gasteiger partial charge is 0.490 e. The van der Waals surface area contributed by atoms with Gasteiger partial charge in [0.2, 0.25) is 5.88 Å². The fourth-order valence-corrected chi connectivity index (χ4v) is 4.28. The lowest BCUT2D eigenvalue weighted by atomic mass is 9.90. The first-order valence-corrected chi connectivity index (χ1v) is 11.8. The second-order valence-corrected chi connectivity index (χ2v) is 8.92. The smallest absolute Gasteiger partial charge is 0.481 e. The van der Waals surface area contributed by atoms with E-state index in [0.29, 0.717) is 12.0 Å². The Labute approximate surface area is 219 Å². The molecular weight excluding hydrogens is 546 g/mol. The maximum Gasteiger partial charge on any atom is 0.490 e. The van der Waals surface area contributed by atoms with Gasteiger partial charge in [-0.3, -0.25) is 4.90 Å². The van der Waals surface area contributed by atoms with Crippen molar-refractivity contribution in [3.63, 3.8) is 0 Å². The lowest BCUT2D eigenvalue weighted by Crippen LogP contribution is -2.48. The average Bonchev–Trinajstić information content (AvgIpc) is 3.27. The van der Waals surface area contributed by atoms with Crippen LogP contribution in [0.2, 0.25) is 0 Å². The number of morpholine rings is 1. The summed E-state index contributed by atoms with van der Waals surface area (Å²) in [6, 6.07) is 1.91. The summed E-state index contributed by atoms with van der Waals surface area (Å²) in [5.41, 5.74) is -0.0204. The van der Waals surface area contributed by atoms with Crippen molar-refractivity contribution in [3.05, 3.63) is 12.4 Å². The second-order valence-electron chi connectivity index (χ2n) is 8.92. The van der Waals surface area contributed by atoms with Crippen molar-refractivity contribution in [2.75, 3.05) is 57.9 Å². The minimum atomic E-state index is -5.08. The van der Waals surface area contributed by atoms with E-state index in [9.17, 15) is 26.3 Å². The number of hydrogen-bond donors (Lipinski definition) is 2. The van der Waals surface area contributed by atoms with E-state index in [4.69, 9.17) is 34.0 Å².